The van der Waals surface area contributed by atoms with Crippen LogP contribution >= 0.6 is 0 Å². The molecule has 2 aromatic carbocycles. The Labute approximate surface area is 140 Å². The predicted molar refractivity (Wildman–Crippen MR) is 88.7 cm³/mol. The first-order chi connectivity index (χ1) is 11.6. The van der Waals surface area contributed by atoms with E-state index >= 15 is 0 Å². The molecular formula is C19H19NO4. The summed E-state index contributed by atoms with van der Waals surface area (Å²) in [6.07, 6.45) is 1.23. The number of hydrogen-bond acceptors (Lipinski definition) is 3. The van der Waals surface area contributed by atoms with Gasteiger partial charge in [0.15, 0.2) is 0 Å². The van der Waals surface area contributed by atoms with E-state index < -0.39 is 17.8 Å². The van der Waals surface area contributed by atoms with E-state index in [9.17, 15) is 9.59 Å². The number of carbonyl (C=O) groups excluding carboxylic acids is 1. The number of carboxylic acids is 1. The molecule has 3 rings (SSSR count). The third-order valence-corrected chi connectivity index (χ3v) is 4.30. The van der Waals surface area contributed by atoms with Gasteiger partial charge in [0.2, 0.25) is 5.91 Å². The van der Waals surface area contributed by atoms with Gasteiger partial charge < -0.3 is 15.2 Å². The lowest BCUT2D eigenvalue weighted by molar-refractivity contribution is -0.152. The van der Waals surface area contributed by atoms with Crippen LogP contribution in [0.2, 0.25) is 0 Å². The highest BCUT2D eigenvalue weighted by atomic mass is 16.5. The van der Waals surface area contributed by atoms with E-state index in [-0.39, 0.29) is 5.91 Å². The van der Waals surface area contributed by atoms with Crippen LogP contribution in [0.3, 0.4) is 0 Å². The fourth-order valence-corrected chi connectivity index (χ4v) is 2.73. The number of amides is 1. The molecule has 2 atom stereocenters. The van der Waals surface area contributed by atoms with E-state index in [2.05, 4.69) is 5.32 Å². The lowest BCUT2D eigenvalue weighted by Gasteiger charge is -2.31. The maximum atomic E-state index is 12.0. The number of rotatable bonds is 6. The lowest BCUT2D eigenvalue weighted by Crippen LogP contribution is -2.43. The molecule has 0 unspecified atom stereocenters. The monoisotopic (exact) mass is 325 g/mol. The van der Waals surface area contributed by atoms with Crippen LogP contribution in [0.1, 0.15) is 18.4 Å². The Morgan fingerprint density at radius 1 is 0.958 bits per heavy atom. The standard InChI is InChI=1S/C19H19NO4/c21-18(16-10-11-17(16)19(22)23)20-12-13-6-8-15(9-7-13)24-14-4-2-1-3-5-14/h1-9,16-17H,10-12H2,(H,20,21)(H,22,23)/t16-,17+/m0/s1. The van der Waals surface area contributed by atoms with Crippen molar-refractivity contribution in [1.29, 1.82) is 0 Å². The van der Waals surface area contributed by atoms with E-state index in [1.807, 2.05) is 54.6 Å². The van der Waals surface area contributed by atoms with Crippen molar-refractivity contribution in [3.05, 3.63) is 60.2 Å². The highest BCUT2D eigenvalue weighted by molar-refractivity contribution is 5.86. The predicted octanol–water partition coefficient (Wildman–Crippen LogP) is 3.21. The summed E-state index contributed by atoms with van der Waals surface area (Å²) < 4.78 is 5.71. The molecule has 1 aliphatic carbocycles. The van der Waals surface area contributed by atoms with Crippen LogP contribution < -0.4 is 10.1 Å². The molecule has 0 aromatic heterocycles. The molecule has 1 saturated carbocycles. The summed E-state index contributed by atoms with van der Waals surface area (Å²) in [7, 11) is 0. The Morgan fingerprint density at radius 2 is 1.58 bits per heavy atom. The van der Waals surface area contributed by atoms with E-state index in [4.69, 9.17) is 9.84 Å². The van der Waals surface area contributed by atoms with Crippen molar-refractivity contribution in [1.82, 2.24) is 5.32 Å². The Morgan fingerprint density at radius 3 is 2.17 bits per heavy atom. The highest BCUT2D eigenvalue weighted by Gasteiger charge is 2.41. The molecule has 5 nitrogen and oxygen atoms in total. The van der Waals surface area contributed by atoms with Gasteiger partial charge in [0.25, 0.3) is 0 Å². The quantitative estimate of drug-likeness (QED) is 0.855. The lowest BCUT2D eigenvalue weighted by atomic mass is 9.73. The largest absolute Gasteiger partial charge is 0.481 e. The Bertz CT molecular complexity index is 712. The summed E-state index contributed by atoms with van der Waals surface area (Å²) >= 11 is 0. The van der Waals surface area contributed by atoms with Crippen LogP contribution in [0.15, 0.2) is 54.6 Å². The third-order valence-electron chi connectivity index (χ3n) is 4.30. The zero-order valence-electron chi connectivity index (χ0n) is 13.1. The molecule has 1 fully saturated rings. The summed E-state index contributed by atoms with van der Waals surface area (Å²) in [5, 5.41) is 11.8. The fraction of sp³-hybridized carbons (Fsp3) is 0.263. The van der Waals surface area contributed by atoms with Crippen molar-refractivity contribution >= 4 is 11.9 Å². The van der Waals surface area contributed by atoms with Gasteiger partial charge in [-0.15, -0.1) is 0 Å². The SMILES string of the molecule is O=C(NCc1ccc(Oc2ccccc2)cc1)[C@H]1CC[C@H]1C(=O)O. The van der Waals surface area contributed by atoms with Gasteiger partial charge in [-0.1, -0.05) is 30.3 Å². The summed E-state index contributed by atoms with van der Waals surface area (Å²) in [4.78, 5) is 23.0. The maximum Gasteiger partial charge on any atom is 0.307 e. The number of ether oxygens (including phenoxy) is 1. The van der Waals surface area contributed by atoms with E-state index in [0.717, 1.165) is 17.1 Å². The fourth-order valence-electron chi connectivity index (χ4n) is 2.73. The minimum absolute atomic E-state index is 0.182. The number of nitrogens with one attached hydrogen (secondary N) is 1. The number of aliphatic carboxylic acids is 1. The van der Waals surface area contributed by atoms with Crippen LogP contribution in [0, 0.1) is 11.8 Å². The van der Waals surface area contributed by atoms with Gasteiger partial charge >= 0.3 is 5.97 Å². The molecule has 124 valence electrons. The minimum atomic E-state index is -0.885. The van der Waals surface area contributed by atoms with E-state index in [0.29, 0.717) is 19.4 Å². The van der Waals surface area contributed by atoms with Gasteiger partial charge in [-0.05, 0) is 42.7 Å². The van der Waals surface area contributed by atoms with Crippen LogP contribution in [0.4, 0.5) is 0 Å². The summed E-state index contributed by atoms with van der Waals surface area (Å²) in [5.74, 6) is -0.513. The van der Waals surface area contributed by atoms with Crippen LogP contribution in [0.5, 0.6) is 11.5 Å². The highest BCUT2D eigenvalue weighted by Crippen LogP contribution is 2.34. The van der Waals surface area contributed by atoms with Crippen molar-refractivity contribution in [2.75, 3.05) is 0 Å². The van der Waals surface area contributed by atoms with E-state index in [1.165, 1.54) is 0 Å². The van der Waals surface area contributed by atoms with Crippen LogP contribution in [-0.2, 0) is 16.1 Å². The second-order valence-electron chi connectivity index (χ2n) is 5.91. The second kappa shape index (κ2) is 7.17. The van der Waals surface area contributed by atoms with Gasteiger partial charge in [0.05, 0.1) is 11.8 Å². The molecule has 24 heavy (non-hydrogen) atoms. The van der Waals surface area contributed by atoms with Gasteiger partial charge in [0, 0.05) is 6.54 Å². The number of carbonyl (C=O) groups is 2. The van der Waals surface area contributed by atoms with Crippen LogP contribution in [-0.4, -0.2) is 17.0 Å². The Kier molecular flexibility index (Phi) is 4.79. The first-order valence-electron chi connectivity index (χ1n) is 7.96. The molecule has 2 N–H and O–H groups in total. The topological polar surface area (TPSA) is 75.6 Å². The Hall–Kier alpha value is -2.82. The van der Waals surface area contributed by atoms with Crippen LogP contribution in [0.25, 0.3) is 0 Å². The Balaban J connectivity index is 1.51. The molecule has 1 aliphatic rings. The molecule has 0 bridgehead atoms. The summed E-state index contributed by atoms with van der Waals surface area (Å²) in [5.41, 5.74) is 0.940. The number of benzene rings is 2. The van der Waals surface area contributed by atoms with Crippen molar-refractivity contribution < 1.29 is 19.4 Å². The zero-order chi connectivity index (χ0) is 16.9. The molecule has 0 spiro atoms. The second-order valence-corrected chi connectivity index (χ2v) is 5.91. The molecule has 2 aromatic rings. The van der Waals surface area contributed by atoms with Gasteiger partial charge in [0.1, 0.15) is 11.5 Å². The molecule has 0 radical (unpaired) electrons. The average molecular weight is 325 g/mol. The number of para-hydroxylation sites is 1. The molecule has 1 amide bonds. The molecule has 0 heterocycles. The van der Waals surface area contributed by atoms with Crippen molar-refractivity contribution in [3.63, 3.8) is 0 Å². The number of carboxylic acid groups (broad SMARTS) is 1. The van der Waals surface area contributed by atoms with Crippen molar-refractivity contribution in [2.24, 2.45) is 11.8 Å². The van der Waals surface area contributed by atoms with Gasteiger partial charge in [-0.25, -0.2) is 0 Å². The van der Waals surface area contributed by atoms with Crippen molar-refractivity contribution in [3.8, 4) is 11.5 Å². The normalized spacial score (nSPS) is 19.2. The average Bonchev–Trinajstić information content (AvgIpc) is 2.53. The smallest absolute Gasteiger partial charge is 0.307 e. The van der Waals surface area contributed by atoms with Crippen molar-refractivity contribution in [2.45, 2.75) is 19.4 Å². The van der Waals surface area contributed by atoms with Gasteiger partial charge in [-0.2, -0.15) is 0 Å². The molecular weight excluding hydrogens is 306 g/mol. The maximum absolute atomic E-state index is 12.0. The molecule has 5 heteroatoms. The molecule has 0 aliphatic heterocycles. The minimum Gasteiger partial charge on any atom is -0.481 e. The zero-order valence-corrected chi connectivity index (χ0v) is 13.1. The van der Waals surface area contributed by atoms with Gasteiger partial charge in [-0.3, -0.25) is 9.59 Å². The first-order valence-corrected chi connectivity index (χ1v) is 7.96. The summed E-state index contributed by atoms with van der Waals surface area (Å²) in [6, 6.07) is 17.0. The molecule has 0 saturated heterocycles. The first kappa shape index (κ1) is 16.1. The summed E-state index contributed by atoms with van der Waals surface area (Å²) in [6.45, 7) is 0.382. The number of hydrogen-bond donors (Lipinski definition) is 2. The third kappa shape index (κ3) is 3.74. The van der Waals surface area contributed by atoms with E-state index in [1.54, 1.807) is 0 Å².